The fourth-order valence-corrected chi connectivity index (χ4v) is 7.09. The highest BCUT2D eigenvalue weighted by atomic mass is 16.3. The van der Waals surface area contributed by atoms with Crippen molar-refractivity contribution in [3.05, 3.63) is 220 Å². The van der Waals surface area contributed by atoms with E-state index in [1.54, 1.807) is 6.07 Å². The standard InChI is InChI=1S/C26H26.C21H20O.C7H8/c1-20(21-12-16-25(17-13-21)23-8-4-2-5-9-23)22-14-18-26(19-15-22)24-10-6-3-7-11-24;1-14-4-8-17(9-5-14)18-10-6-15(2)20(12-18)21-13-19(22)11-7-16(21)3;1-7-5-3-2-4-6-7/h2,4,6,8,10-20H,3,5,7,9H2,1H3;4-13,22H,1-3H3;2-6H,1H3. The van der Waals surface area contributed by atoms with Crippen LogP contribution in [0.1, 0.15) is 83.0 Å². The Hall–Kier alpha value is -5.92. The maximum atomic E-state index is 9.81. The van der Waals surface area contributed by atoms with Crippen LogP contribution in [0.15, 0.2) is 176 Å². The van der Waals surface area contributed by atoms with Crippen molar-refractivity contribution < 1.29 is 5.11 Å². The van der Waals surface area contributed by atoms with Crippen LogP contribution < -0.4 is 0 Å². The van der Waals surface area contributed by atoms with E-state index in [9.17, 15) is 5.11 Å². The quantitative estimate of drug-likeness (QED) is 0.182. The van der Waals surface area contributed by atoms with Crippen LogP contribution in [0.25, 0.3) is 33.4 Å². The monoisotopic (exact) mass is 718 g/mol. The zero-order valence-corrected chi connectivity index (χ0v) is 33.1. The van der Waals surface area contributed by atoms with E-state index in [2.05, 4.69) is 174 Å². The van der Waals surface area contributed by atoms with Gasteiger partial charge in [-0.1, -0.05) is 176 Å². The number of benzene rings is 6. The topological polar surface area (TPSA) is 20.2 Å². The zero-order valence-electron chi connectivity index (χ0n) is 33.1. The molecule has 8 rings (SSSR count). The Morgan fingerprint density at radius 2 is 1.09 bits per heavy atom. The van der Waals surface area contributed by atoms with E-state index in [1.807, 2.05) is 30.3 Å². The molecular weight excluding hydrogens is 665 g/mol. The maximum absolute atomic E-state index is 9.81. The molecule has 0 heterocycles. The third-order valence-corrected chi connectivity index (χ3v) is 10.6. The molecule has 276 valence electrons. The van der Waals surface area contributed by atoms with Crippen LogP contribution in [0, 0.1) is 27.7 Å². The molecule has 0 bridgehead atoms. The summed E-state index contributed by atoms with van der Waals surface area (Å²) in [6.45, 7) is 10.7. The fourth-order valence-electron chi connectivity index (χ4n) is 7.09. The average Bonchev–Trinajstić information content (AvgIpc) is 3.23. The molecule has 1 N–H and O–H groups in total. The van der Waals surface area contributed by atoms with Crippen LogP contribution in [0.4, 0.5) is 0 Å². The number of hydrogen-bond acceptors (Lipinski definition) is 1. The van der Waals surface area contributed by atoms with Gasteiger partial charge in [-0.15, -0.1) is 0 Å². The van der Waals surface area contributed by atoms with Crippen molar-refractivity contribution in [3.8, 4) is 28.0 Å². The summed E-state index contributed by atoms with van der Waals surface area (Å²) < 4.78 is 0. The zero-order chi connectivity index (χ0) is 38.6. The smallest absolute Gasteiger partial charge is 0.116 e. The van der Waals surface area contributed by atoms with Crippen LogP contribution in [-0.2, 0) is 0 Å². The van der Waals surface area contributed by atoms with Crippen molar-refractivity contribution in [2.45, 2.75) is 66.2 Å². The Bertz CT molecular complexity index is 2280. The summed E-state index contributed by atoms with van der Waals surface area (Å²) in [4.78, 5) is 0. The Labute approximate surface area is 329 Å². The molecule has 1 heteroatoms. The first-order chi connectivity index (χ1) is 26.7. The van der Waals surface area contributed by atoms with Gasteiger partial charge in [0.2, 0.25) is 0 Å². The van der Waals surface area contributed by atoms with Gasteiger partial charge in [0.25, 0.3) is 0 Å². The van der Waals surface area contributed by atoms with Crippen molar-refractivity contribution in [2.75, 3.05) is 0 Å². The van der Waals surface area contributed by atoms with Gasteiger partial charge in [0.15, 0.2) is 0 Å². The van der Waals surface area contributed by atoms with Crippen molar-refractivity contribution in [1.29, 1.82) is 0 Å². The molecule has 0 fully saturated rings. The normalized spacial score (nSPS) is 13.7. The lowest BCUT2D eigenvalue weighted by Crippen LogP contribution is -1.97. The van der Waals surface area contributed by atoms with Gasteiger partial charge in [-0.2, -0.15) is 0 Å². The molecule has 0 saturated heterocycles. The van der Waals surface area contributed by atoms with Crippen LogP contribution in [0.5, 0.6) is 5.75 Å². The van der Waals surface area contributed by atoms with Gasteiger partial charge in [0.1, 0.15) is 5.75 Å². The number of phenolic OH excluding ortho intramolecular Hbond substituents is 1. The fraction of sp³-hybridized carbons (Fsp3) is 0.185. The molecule has 1 atom stereocenters. The van der Waals surface area contributed by atoms with Crippen LogP contribution in [-0.4, -0.2) is 5.11 Å². The van der Waals surface area contributed by atoms with E-state index in [0.29, 0.717) is 11.7 Å². The first-order valence-electron chi connectivity index (χ1n) is 19.7. The van der Waals surface area contributed by atoms with Gasteiger partial charge in [-0.25, -0.2) is 0 Å². The summed E-state index contributed by atoms with van der Waals surface area (Å²) in [7, 11) is 0. The van der Waals surface area contributed by atoms with E-state index in [1.165, 1.54) is 78.8 Å². The number of phenols is 1. The van der Waals surface area contributed by atoms with Gasteiger partial charge < -0.3 is 5.11 Å². The molecule has 1 nitrogen and oxygen atoms in total. The molecule has 6 aromatic carbocycles. The minimum absolute atomic E-state index is 0.306. The lowest BCUT2D eigenvalue weighted by Gasteiger charge is -2.16. The molecular formula is C54H54O. The summed E-state index contributed by atoms with van der Waals surface area (Å²) in [5, 5.41) is 9.81. The van der Waals surface area contributed by atoms with E-state index in [-0.39, 0.29) is 0 Å². The molecule has 2 aliphatic rings. The van der Waals surface area contributed by atoms with Crippen LogP contribution >= 0.6 is 0 Å². The first-order valence-corrected chi connectivity index (χ1v) is 19.7. The molecule has 55 heavy (non-hydrogen) atoms. The SMILES string of the molecule is CC(c1ccc(C2=CCCC=C2)cc1)c1ccc(C2=CC=CCC2)cc1.Cc1ccc(-c2ccc(C)c(-c3cc(O)ccc3C)c2)cc1.Cc1ccccc1. The highest BCUT2D eigenvalue weighted by molar-refractivity contribution is 5.78. The van der Waals surface area contributed by atoms with Gasteiger partial charge >= 0.3 is 0 Å². The van der Waals surface area contributed by atoms with Crippen molar-refractivity contribution in [1.82, 2.24) is 0 Å². The predicted octanol–water partition coefficient (Wildman–Crippen LogP) is 15.0. The summed E-state index contributed by atoms with van der Waals surface area (Å²) in [5.74, 6) is 0.718. The van der Waals surface area contributed by atoms with Crippen molar-refractivity contribution in [3.63, 3.8) is 0 Å². The summed E-state index contributed by atoms with van der Waals surface area (Å²) >= 11 is 0. The molecule has 1 unspecified atom stereocenters. The Morgan fingerprint density at radius 1 is 0.509 bits per heavy atom. The van der Waals surface area contributed by atoms with E-state index in [4.69, 9.17) is 0 Å². The molecule has 0 radical (unpaired) electrons. The molecule has 0 aromatic heterocycles. The summed E-state index contributed by atoms with van der Waals surface area (Å²) in [6.07, 6.45) is 18.1. The van der Waals surface area contributed by atoms with Gasteiger partial charge in [-0.3, -0.25) is 0 Å². The highest BCUT2D eigenvalue weighted by Gasteiger charge is 2.12. The summed E-state index contributed by atoms with van der Waals surface area (Å²) in [5.41, 5.74) is 17.9. The predicted molar refractivity (Wildman–Crippen MR) is 237 cm³/mol. The lowest BCUT2D eigenvalue weighted by molar-refractivity contribution is 0.475. The van der Waals surface area contributed by atoms with E-state index < -0.39 is 0 Å². The average molecular weight is 719 g/mol. The summed E-state index contributed by atoms with van der Waals surface area (Å²) in [6, 6.07) is 49.1. The minimum atomic E-state index is 0.306. The third kappa shape index (κ3) is 10.6. The Kier molecular flexibility index (Phi) is 13.3. The van der Waals surface area contributed by atoms with E-state index >= 15 is 0 Å². The molecule has 6 aromatic rings. The Balaban J connectivity index is 0.000000161. The molecule has 0 saturated carbocycles. The molecule has 2 aliphatic carbocycles. The lowest BCUT2D eigenvalue weighted by atomic mass is 9.89. The Morgan fingerprint density at radius 3 is 1.67 bits per heavy atom. The second-order valence-corrected chi connectivity index (χ2v) is 14.8. The molecule has 0 spiro atoms. The second kappa shape index (κ2) is 18.9. The van der Waals surface area contributed by atoms with E-state index in [0.717, 1.165) is 24.8 Å². The number of aryl methyl sites for hydroxylation is 4. The number of rotatable bonds is 6. The van der Waals surface area contributed by atoms with Crippen LogP contribution in [0.2, 0.25) is 0 Å². The molecule has 0 amide bonds. The number of aromatic hydroxyl groups is 1. The van der Waals surface area contributed by atoms with Gasteiger partial charge in [-0.05, 0) is 138 Å². The van der Waals surface area contributed by atoms with Crippen LogP contribution in [0.3, 0.4) is 0 Å². The first kappa shape index (κ1) is 38.8. The van der Waals surface area contributed by atoms with Gasteiger partial charge in [0, 0.05) is 5.92 Å². The molecule has 0 aliphatic heterocycles. The van der Waals surface area contributed by atoms with Gasteiger partial charge in [0.05, 0.1) is 0 Å². The van der Waals surface area contributed by atoms with Crippen molar-refractivity contribution >= 4 is 11.1 Å². The number of hydrogen-bond donors (Lipinski definition) is 1. The number of allylic oxidation sites excluding steroid dienone is 8. The largest absolute Gasteiger partial charge is 0.508 e. The minimum Gasteiger partial charge on any atom is -0.508 e. The maximum Gasteiger partial charge on any atom is 0.116 e. The van der Waals surface area contributed by atoms with Crippen molar-refractivity contribution in [2.24, 2.45) is 0 Å². The highest BCUT2D eigenvalue weighted by Crippen LogP contribution is 2.34. The third-order valence-electron chi connectivity index (χ3n) is 10.6. The second-order valence-electron chi connectivity index (χ2n) is 14.8.